The van der Waals surface area contributed by atoms with Crippen molar-refractivity contribution in [1.82, 2.24) is 0 Å². The lowest BCUT2D eigenvalue weighted by Gasteiger charge is -2.13. The number of benzene rings is 1. The summed E-state index contributed by atoms with van der Waals surface area (Å²) in [5.41, 5.74) is -0.303. The van der Waals surface area contributed by atoms with E-state index in [4.69, 9.17) is 16.3 Å². The molecule has 1 aromatic carbocycles. The van der Waals surface area contributed by atoms with Gasteiger partial charge in [-0.3, -0.25) is 0 Å². The molecule has 0 atom stereocenters. The standard InChI is InChI=1S/C11H12ClFO3/c1-6(2)16-8-5-4-7(13)9(10(8)12)11(14)15-3/h4-6H,1-3H3. The average Bonchev–Trinajstić information content (AvgIpc) is 2.21. The number of carbonyl (C=O) groups is 1. The summed E-state index contributed by atoms with van der Waals surface area (Å²) in [4.78, 5) is 11.3. The van der Waals surface area contributed by atoms with Gasteiger partial charge in [0.25, 0.3) is 0 Å². The van der Waals surface area contributed by atoms with Gasteiger partial charge in [-0.1, -0.05) is 11.6 Å². The molecule has 0 fully saturated rings. The fourth-order valence-corrected chi connectivity index (χ4v) is 1.44. The smallest absolute Gasteiger partial charge is 0.342 e. The van der Waals surface area contributed by atoms with Crippen LogP contribution in [0.15, 0.2) is 12.1 Å². The van der Waals surface area contributed by atoms with Crippen LogP contribution < -0.4 is 4.74 Å². The third-order valence-corrected chi connectivity index (χ3v) is 2.18. The first-order chi connectivity index (χ1) is 7.47. The summed E-state index contributed by atoms with van der Waals surface area (Å²) in [6.07, 6.45) is -0.117. The van der Waals surface area contributed by atoms with Crippen molar-refractivity contribution in [1.29, 1.82) is 0 Å². The zero-order valence-corrected chi connectivity index (χ0v) is 9.97. The molecular formula is C11H12ClFO3. The second-order valence-electron chi connectivity index (χ2n) is 3.39. The Bertz CT molecular complexity index is 404. The number of hydrogen-bond acceptors (Lipinski definition) is 3. The lowest BCUT2D eigenvalue weighted by molar-refractivity contribution is 0.0595. The van der Waals surface area contributed by atoms with Crippen LogP contribution in [0.5, 0.6) is 5.75 Å². The van der Waals surface area contributed by atoms with Gasteiger partial charge in [-0.05, 0) is 26.0 Å². The van der Waals surface area contributed by atoms with Crippen molar-refractivity contribution in [3.63, 3.8) is 0 Å². The molecule has 0 saturated heterocycles. The molecule has 0 saturated carbocycles. The van der Waals surface area contributed by atoms with Gasteiger partial charge in [0.05, 0.1) is 13.2 Å². The average molecular weight is 247 g/mol. The molecule has 1 rings (SSSR count). The highest BCUT2D eigenvalue weighted by molar-refractivity contribution is 6.35. The van der Waals surface area contributed by atoms with Gasteiger partial charge < -0.3 is 9.47 Å². The fraction of sp³-hybridized carbons (Fsp3) is 0.364. The molecule has 5 heteroatoms. The van der Waals surface area contributed by atoms with Crippen molar-refractivity contribution in [3.05, 3.63) is 28.5 Å². The Kier molecular flexibility index (Phi) is 4.12. The number of esters is 1. The van der Waals surface area contributed by atoms with E-state index in [0.29, 0.717) is 0 Å². The van der Waals surface area contributed by atoms with Crippen LogP contribution in [0.3, 0.4) is 0 Å². The maximum absolute atomic E-state index is 13.4. The Morgan fingerprint density at radius 1 is 1.44 bits per heavy atom. The fourth-order valence-electron chi connectivity index (χ4n) is 1.17. The third-order valence-electron chi connectivity index (χ3n) is 1.81. The number of hydrogen-bond donors (Lipinski definition) is 0. The highest BCUT2D eigenvalue weighted by Gasteiger charge is 2.20. The molecule has 0 spiro atoms. The van der Waals surface area contributed by atoms with Crippen LogP contribution in [-0.2, 0) is 4.74 Å². The summed E-state index contributed by atoms with van der Waals surface area (Å²) in [6, 6.07) is 2.50. The van der Waals surface area contributed by atoms with Gasteiger partial charge >= 0.3 is 5.97 Å². The molecule has 0 radical (unpaired) electrons. The topological polar surface area (TPSA) is 35.5 Å². The maximum Gasteiger partial charge on any atom is 0.342 e. The lowest BCUT2D eigenvalue weighted by Crippen LogP contribution is -2.10. The van der Waals surface area contributed by atoms with Gasteiger partial charge in [0.15, 0.2) is 0 Å². The normalized spacial score (nSPS) is 10.4. The minimum atomic E-state index is -0.822. The number of halogens is 2. The Morgan fingerprint density at radius 3 is 2.56 bits per heavy atom. The van der Waals surface area contributed by atoms with Gasteiger partial charge in [-0.15, -0.1) is 0 Å². The van der Waals surface area contributed by atoms with E-state index in [9.17, 15) is 9.18 Å². The molecule has 3 nitrogen and oxygen atoms in total. The number of carbonyl (C=O) groups excluding carboxylic acids is 1. The van der Waals surface area contributed by atoms with Crippen LogP contribution in [-0.4, -0.2) is 19.2 Å². The lowest BCUT2D eigenvalue weighted by atomic mass is 10.2. The van der Waals surface area contributed by atoms with E-state index in [1.54, 1.807) is 13.8 Å². The van der Waals surface area contributed by atoms with E-state index in [2.05, 4.69) is 4.74 Å². The largest absolute Gasteiger partial charge is 0.489 e. The van der Waals surface area contributed by atoms with E-state index in [1.165, 1.54) is 6.07 Å². The van der Waals surface area contributed by atoms with Crippen molar-refractivity contribution in [2.75, 3.05) is 7.11 Å². The van der Waals surface area contributed by atoms with Gasteiger partial charge in [0, 0.05) is 0 Å². The second kappa shape index (κ2) is 5.16. The predicted molar refractivity (Wildman–Crippen MR) is 58.5 cm³/mol. The van der Waals surface area contributed by atoms with Crippen LogP contribution >= 0.6 is 11.6 Å². The van der Waals surface area contributed by atoms with Gasteiger partial charge in [0.1, 0.15) is 22.2 Å². The molecule has 0 N–H and O–H groups in total. The molecule has 16 heavy (non-hydrogen) atoms. The molecule has 0 aliphatic carbocycles. The van der Waals surface area contributed by atoms with Gasteiger partial charge in [0.2, 0.25) is 0 Å². The third kappa shape index (κ3) is 2.64. The van der Waals surface area contributed by atoms with Gasteiger partial charge in [-0.25, -0.2) is 9.18 Å². The van der Waals surface area contributed by atoms with Crippen molar-refractivity contribution < 1.29 is 18.7 Å². The second-order valence-corrected chi connectivity index (χ2v) is 3.77. The van der Waals surface area contributed by atoms with Crippen LogP contribution in [0.25, 0.3) is 0 Å². The van der Waals surface area contributed by atoms with Crippen molar-refractivity contribution in [2.45, 2.75) is 20.0 Å². The Hall–Kier alpha value is -1.29. The first-order valence-corrected chi connectivity index (χ1v) is 5.08. The Labute approximate surface area is 98.1 Å². The molecule has 0 bridgehead atoms. The summed E-state index contributed by atoms with van der Waals surface area (Å²) in [6.45, 7) is 3.61. The Balaban J connectivity index is 3.21. The monoisotopic (exact) mass is 246 g/mol. The molecule has 1 aromatic rings. The molecule has 0 heterocycles. The van der Waals surface area contributed by atoms with Crippen LogP contribution in [0.4, 0.5) is 4.39 Å². The highest BCUT2D eigenvalue weighted by atomic mass is 35.5. The molecule has 0 aliphatic heterocycles. The van der Waals surface area contributed by atoms with Crippen molar-refractivity contribution >= 4 is 17.6 Å². The summed E-state index contributed by atoms with van der Waals surface area (Å²) >= 11 is 5.87. The zero-order valence-electron chi connectivity index (χ0n) is 9.21. The van der Waals surface area contributed by atoms with Gasteiger partial charge in [-0.2, -0.15) is 0 Å². The number of rotatable bonds is 3. The number of ether oxygens (including phenoxy) is 2. The zero-order chi connectivity index (χ0) is 12.3. The highest BCUT2D eigenvalue weighted by Crippen LogP contribution is 2.31. The molecule has 0 aliphatic rings. The predicted octanol–water partition coefficient (Wildman–Crippen LogP) is 3.05. The SMILES string of the molecule is COC(=O)c1c(F)ccc(OC(C)C)c1Cl. The van der Waals surface area contributed by atoms with Crippen molar-refractivity contribution in [2.24, 2.45) is 0 Å². The quantitative estimate of drug-likeness (QED) is 0.769. The van der Waals surface area contributed by atoms with E-state index >= 15 is 0 Å². The van der Waals surface area contributed by atoms with E-state index in [1.807, 2.05) is 0 Å². The maximum atomic E-state index is 13.4. The summed E-state index contributed by atoms with van der Waals surface area (Å²) in [5.74, 6) is -1.29. The van der Waals surface area contributed by atoms with E-state index < -0.39 is 11.8 Å². The first kappa shape index (κ1) is 12.8. The van der Waals surface area contributed by atoms with Crippen molar-refractivity contribution in [3.8, 4) is 5.75 Å². The van der Waals surface area contributed by atoms with Crippen LogP contribution in [0.2, 0.25) is 5.02 Å². The molecule has 88 valence electrons. The van der Waals surface area contributed by atoms with E-state index in [-0.39, 0.29) is 22.4 Å². The van der Waals surface area contributed by atoms with E-state index in [0.717, 1.165) is 13.2 Å². The minimum Gasteiger partial charge on any atom is -0.489 e. The molecule has 0 unspecified atom stereocenters. The van der Waals surface area contributed by atoms with Crippen LogP contribution in [0, 0.1) is 5.82 Å². The Morgan fingerprint density at radius 2 is 2.06 bits per heavy atom. The molecule has 0 aromatic heterocycles. The summed E-state index contributed by atoms with van der Waals surface area (Å²) in [5, 5.41) is -0.0689. The molecule has 0 amide bonds. The summed E-state index contributed by atoms with van der Waals surface area (Å²) < 4.78 is 23.1. The molecular weight excluding hydrogens is 235 g/mol. The number of methoxy groups -OCH3 is 1. The summed E-state index contributed by atoms with van der Waals surface area (Å²) in [7, 11) is 1.16. The first-order valence-electron chi connectivity index (χ1n) is 4.70. The minimum absolute atomic E-state index is 0.0689. The van der Waals surface area contributed by atoms with Crippen LogP contribution in [0.1, 0.15) is 24.2 Å².